The first-order chi connectivity index (χ1) is 15.3. The zero-order chi connectivity index (χ0) is 23.7. The van der Waals surface area contributed by atoms with Crippen molar-refractivity contribution in [2.45, 2.75) is 10.1 Å². The molecule has 0 amide bonds. The van der Waals surface area contributed by atoms with E-state index in [1.54, 1.807) is 46.9 Å². The second-order valence-electron chi connectivity index (χ2n) is 5.64. The van der Waals surface area contributed by atoms with Gasteiger partial charge in [-0.1, -0.05) is 23.2 Å². The number of sulfone groups is 1. The minimum Gasteiger partial charge on any atom is -0.288 e. The molecule has 12 nitrogen and oxygen atoms in total. The predicted octanol–water partition coefficient (Wildman–Crippen LogP) is 2.77. The molecule has 4 rings (SSSR count). The third-order valence-electron chi connectivity index (χ3n) is 3.47. The summed E-state index contributed by atoms with van der Waals surface area (Å²) in [4.78, 5) is 7.92. The molecule has 170 valence electrons. The van der Waals surface area contributed by atoms with E-state index in [9.17, 15) is 8.42 Å². The second-order valence-corrected chi connectivity index (χ2v) is 9.21. The van der Waals surface area contributed by atoms with E-state index in [4.69, 9.17) is 33.7 Å². The number of nitrogens with zero attached hydrogens (tertiary/aromatic N) is 8. The molecular formula is C16H16Cl2N8O4S2. The molecule has 16 heteroatoms. The quantitative estimate of drug-likeness (QED) is 0.232. The standard InChI is InChI=1S/C8H7ClN4O2S.C8H7ClN4S.H2O2/c1-16(14,15)8-4-13(5-10-8)7-3-2-6(9)11-12-7;1-14-8-4-13(5-10-8)7-3-2-6(9)11-12-7;1-2/h2-5H,1H3;2-5H,1H3;1-2H. The van der Waals surface area contributed by atoms with Crippen molar-refractivity contribution in [3.05, 3.63) is 59.6 Å². The molecule has 0 bridgehead atoms. The molecule has 4 aromatic rings. The van der Waals surface area contributed by atoms with E-state index in [1.807, 2.05) is 12.5 Å². The van der Waals surface area contributed by atoms with Crippen molar-refractivity contribution in [3.8, 4) is 11.6 Å². The third kappa shape index (κ3) is 7.22. The first-order valence-corrected chi connectivity index (χ1v) is 12.1. The van der Waals surface area contributed by atoms with Crippen LogP contribution in [0, 0.1) is 0 Å². The molecule has 2 N–H and O–H groups in total. The highest BCUT2D eigenvalue weighted by Crippen LogP contribution is 2.14. The van der Waals surface area contributed by atoms with Gasteiger partial charge < -0.3 is 0 Å². The highest BCUT2D eigenvalue weighted by molar-refractivity contribution is 7.98. The van der Waals surface area contributed by atoms with Crippen LogP contribution in [0.25, 0.3) is 11.6 Å². The molecule has 0 atom stereocenters. The Balaban J connectivity index is 0.000000212. The summed E-state index contributed by atoms with van der Waals surface area (Å²) in [7, 11) is -3.30. The average Bonchev–Trinajstić information content (AvgIpc) is 3.47. The predicted molar refractivity (Wildman–Crippen MR) is 118 cm³/mol. The monoisotopic (exact) mass is 518 g/mol. The van der Waals surface area contributed by atoms with Gasteiger partial charge in [-0.05, 0) is 30.5 Å². The molecule has 0 spiro atoms. The number of hydrogen-bond acceptors (Lipinski definition) is 11. The first-order valence-electron chi connectivity index (χ1n) is 8.27. The summed E-state index contributed by atoms with van der Waals surface area (Å²) in [5.74, 6) is 1.16. The van der Waals surface area contributed by atoms with Gasteiger partial charge in [0.05, 0.1) is 0 Å². The van der Waals surface area contributed by atoms with Crippen LogP contribution in [-0.4, -0.2) is 70.9 Å². The normalized spacial score (nSPS) is 10.6. The Morgan fingerprint density at radius 3 is 1.72 bits per heavy atom. The van der Waals surface area contributed by atoms with Crippen LogP contribution in [0.5, 0.6) is 0 Å². The molecule has 0 aliphatic rings. The molecule has 0 aliphatic carbocycles. The topological polar surface area (TPSA) is 162 Å². The fourth-order valence-electron chi connectivity index (χ4n) is 2.05. The van der Waals surface area contributed by atoms with Gasteiger partial charge in [0, 0.05) is 18.6 Å². The van der Waals surface area contributed by atoms with Gasteiger partial charge >= 0.3 is 0 Å². The Kier molecular flexibility index (Phi) is 9.49. The molecule has 0 aromatic carbocycles. The lowest BCUT2D eigenvalue weighted by atomic mass is 10.5. The summed E-state index contributed by atoms with van der Waals surface area (Å²) in [6.45, 7) is 0. The van der Waals surface area contributed by atoms with Crippen molar-refractivity contribution in [2.75, 3.05) is 12.5 Å². The molecule has 0 radical (unpaired) electrons. The van der Waals surface area contributed by atoms with Crippen molar-refractivity contribution in [2.24, 2.45) is 0 Å². The number of rotatable bonds is 4. The maximum atomic E-state index is 11.2. The summed E-state index contributed by atoms with van der Waals surface area (Å²) in [5, 5.41) is 28.7. The summed E-state index contributed by atoms with van der Waals surface area (Å²) < 4.78 is 25.7. The van der Waals surface area contributed by atoms with E-state index in [1.165, 1.54) is 17.1 Å². The number of thioether (sulfide) groups is 1. The Hall–Kier alpha value is -2.62. The van der Waals surface area contributed by atoms with Crippen molar-refractivity contribution in [1.82, 2.24) is 39.5 Å². The van der Waals surface area contributed by atoms with Crippen molar-refractivity contribution >= 4 is 44.8 Å². The van der Waals surface area contributed by atoms with Crippen molar-refractivity contribution in [1.29, 1.82) is 0 Å². The Labute approximate surface area is 196 Å². The second kappa shape index (κ2) is 11.8. The zero-order valence-electron chi connectivity index (χ0n) is 16.5. The lowest BCUT2D eigenvalue weighted by molar-refractivity contribution is -0.176. The lowest BCUT2D eigenvalue weighted by Gasteiger charge is -1.97. The Morgan fingerprint density at radius 2 is 1.34 bits per heavy atom. The fourth-order valence-corrected chi connectivity index (χ4v) is 3.17. The highest BCUT2D eigenvalue weighted by Gasteiger charge is 2.11. The minimum absolute atomic E-state index is 0.00995. The van der Waals surface area contributed by atoms with E-state index < -0.39 is 9.84 Å². The molecule has 0 unspecified atom stereocenters. The Bertz CT molecular complexity index is 1230. The van der Waals surface area contributed by atoms with Gasteiger partial charge in [-0.3, -0.25) is 19.6 Å². The molecule has 0 saturated carbocycles. The molecule has 32 heavy (non-hydrogen) atoms. The Morgan fingerprint density at radius 1 is 0.844 bits per heavy atom. The maximum Gasteiger partial charge on any atom is 0.194 e. The molecule has 4 aromatic heterocycles. The van der Waals surface area contributed by atoms with Gasteiger partial charge in [-0.25, -0.2) is 18.4 Å². The van der Waals surface area contributed by atoms with Crippen LogP contribution in [0.4, 0.5) is 0 Å². The van der Waals surface area contributed by atoms with Gasteiger partial charge in [-0.2, -0.15) is 0 Å². The molecule has 0 saturated heterocycles. The number of hydrogen-bond donors (Lipinski definition) is 2. The number of aromatic nitrogens is 8. The smallest absolute Gasteiger partial charge is 0.194 e. The van der Waals surface area contributed by atoms with Crippen LogP contribution in [0.15, 0.2) is 59.4 Å². The van der Waals surface area contributed by atoms with Gasteiger partial charge in [-0.15, -0.1) is 32.2 Å². The van der Waals surface area contributed by atoms with Crippen LogP contribution in [0.1, 0.15) is 0 Å². The SMILES string of the molecule is CS(=O)(=O)c1cn(-c2ccc(Cl)nn2)cn1.CSc1cn(-c2ccc(Cl)nn2)cn1.OO. The summed E-state index contributed by atoms with van der Waals surface area (Å²) in [6, 6.07) is 6.66. The van der Waals surface area contributed by atoms with E-state index >= 15 is 0 Å². The van der Waals surface area contributed by atoms with Crippen LogP contribution >= 0.6 is 35.0 Å². The molecule has 0 fully saturated rings. The van der Waals surface area contributed by atoms with E-state index in [0.717, 1.165) is 11.3 Å². The van der Waals surface area contributed by atoms with Crippen LogP contribution in [-0.2, 0) is 9.84 Å². The molecule has 4 heterocycles. The largest absolute Gasteiger partial charge is 0.288 e. The van der Waals surface area contributed by atoms with Crippen LogP contribution < -0.4 is 0 Å². The molecule has 0 aliphatic heterocycles. The van der Waals surface area contributed by atoms with Gasteiger partial charge in [0.15, 0.2) is 36.8 Å². The van der Waals surface area contributed by atoms with Crippen LogP contribution in [0.2, 0.25) is 10.3 Å². The summed E-state index contributed by atoms with van der Waals surface area (Å²) >= 11 is 12.8. The van der Waals surface area contributed by atoms with Crippen molar-refractivity contribution < 1.29 is 18.9 Å². The van der Waals surface area contributed by atoms with Crippen molar-refractivity contribution in [3.63, 3.8) is 0 Å². The first kappa shape index (κ1) is 25.6. The maximum absolute atomic E-state index is 11.2. The van der Waals surface area contributed by atoms with E-state index in [0.29, 0.717) is 16.8 Å². The third-order valence-corrected chi connectivity index (χ3v) is 5.47. The van der Waals surface area contributed by atoms with Gasteiger partial charge in [0.25, 0.3) is 0 Å². The summed E-state index contributed by atoms with van der Waals surface area (Å²) in [5.41, 5.74) is 0. The average molecular weight is 519 g/mol. The van der Waals surface area contributed by atoms with Gasteiger partial charge in [0.1, 0.15) is 17.7 Å². The van der Waals surface area contributed by atoms with Gasteiger partial charge in [0.2, 0.25) is 0 Å². The van der Waals surface area contributed by atoms with Crippen LogP contribution in [0.3, 0.4) is 0 Å². The van der Waals surface area contributed by atoms with E-state index in [2.05, 4.69) is 30.4 Å². The highest BCUT2D eigenvalue weighted by atomic mass is 35.5. The number of halogens is 2. The van der Waals surface area contributed by atoms with E-state index in [-0.39, 0.29) is 10.2 Å². The fraction of sp³-hybridized carbons (Fsp3) is 0.125. The molecular weight excluding hydrogens is 503 g/mol. The lowest BCUT2D eigenvalue weighted by Crippen LogP contribution is -1.98. The summed E-state index contributed by atoms with van der Waals surface area (Å²) in [6.07, 6.45) is 9.38. The minimum atomic E-state index is -3.30. The zero-order valence-corrected chi connectivity index (χ0v) is 19.6. The number of imidazole rings is 2.